The van der Waals surface area contributed by atoms with Crippen molar-refractivity contribution in [1.82, 2.24) is 15.5 Å². The van der Waals surface area contributed by atoms with Gasteiger partial charge in [0, 0.05) is 24.7 Å². The molecule has 2 aliphatic rings. The molecule has 7 nitrogen and oxygen atoms in total. The van der Waals surface area contributed by atoms with Gasteiger partial charge in [-0.15, -0.1) is 0 Å². The van der Waals surface area contributed by atoms with Crippen LogP contribution in [0.25, 0.3) is 0 Å². The first-order valence-corrected chi connectivity index (χ1v) is 9.22. The second kappa shape index (κ2) is 7.76. The second-order valence-corrected chi connectivity index (χ2v) is 7.09. The highest BCUT2D eigenvalue weighted by Crippen LogP contribution is 2.27. The van der Waals surface area contributed by atoms with Gasteiger partial charge in [0.25, 0.3) is 0 Å². The molecule has 3 N–H and O–H groups in total. The van der Waals surface area contributed by atoms with Gasteiger partial charge in [0.15, 0.2) is 0 Å². The maximum atomic E-state index is 12.9. The molecule has 0 aliphatic carbocycles. The predicted molar refractivity (Wildman–Crippen MR) is 98.4 cm³/mol. The Kier molecular flexibility index (Phi) is 5.44. The van der Waals surface area contributed by atoms with E-state index in [1.54, 1.807) is 4.90 Å². The van der Waals surface area contributed by atoms with Crippen LogP contribution in [0.2, 0.25) is 0 Å². The van der Waals surface area contributed by atoms with Crippen molar-refractivity contribution in [2.24, 2.45) is 5.92 Å². The highest BCUT2D eigenvalue weighted by Gasteiger charge is 2.36. The minimum atomic E-state index is -0.537. The first-order valence-electron chi connectivity index (χ1n) is 9.22. The smallest absolute Gasteiger partial charge is 0.318 e. The zero-order valence-electron chi connectivity index (χ0n) is 15.2. The topological polar surface area (TPSA) is 90.5 Å². The van der Waals surface area contributed by atoms with Gasteiger partial charge >= 0.3 is 6.03 Å². The van der Waals surface area contributed by atoms with E-state index in [0.29, 0.717) is 19.5 Å². The molecule has 3 rings (SSSR count). The summed E-state index contributed by atoms with van der Waals surface area (Å²) >= 11 is 0. The third-order valence-electron chi connectivity index (χ3n) is 5.25. The third-order valence-corrected chi connectivity index (χ3v) is 5.25. The SMILES string of the molecule is CC[C@H](C)[C@H]1C(=O)Nc2ccccc2CN1C(=O)NC[C@H]1CCC(=O)N1. The van der Waals surface area contributed by atoms with Crippen LogP contribution in [0, 0.1) is 5.92 Å². The number of hydrogen-bond acceptors (Lipinski definition) is 3. The molecule has 1 fully saturated rings. The van der Waals surface area contributed by atoms with Crippen molar-refractivity contribution in [3.8, 4) is 0 Å². The Hall–Kier alpha value is -2.57. The average molecular weight is 358 g/mol. The summed E-state index contributed by atoms with van der Waals surface area (Å²) < 4.78 is 0. The van der Waals surface area contributed by atoms with Crippen molar-refractivity contribution in [2.45, 2.75) is 51.7 Å². The van der Waals surface area contributed by atoms with Crippen molar-refractivity contribution >= 4 is 23.5 Å². The number of carbonyl (C=O) groups excluding carboxylic acids is 3. The fourth-order valence-electron chi connectivity index (χ4n) is 3.54. The number of benzene rings is 1. The zero-order valence-corrected chi connectivity index (χ0v) is 15.2. The molecule has 0 radical (unpaired) electrons. The van der Waals surface area contributed by atoms with Gasteiger partial charge in [-0.2, -0.15) is 0 Å². The Labute approximate surface area is 153 Å². The average Bonchev–Trinajstić information content (AvgIpc) is 2.98. The normalized spacial score (nSPS) is 23.5. The molecule has 0 bridgehead atoms. The first kappa shape index (κ1) is 18.2. The van der Waals surface area contributed by atoms with Crippen LogP contribution in [-0.2, 0) is 16.1 Å². The highest BCUT2D eigenvalue weighted by atomic mass is 16.2. The van der Waals surface area contributed by atoms with Gasteiger partial charge in [-0.3, -0.25) is 9.59 Å². The quantitative estimate of drug-likeness (QED) is 0.767. The van der Waals surface area contributed by atoms with E-state index >= 15 is 0 Å². The van der Waals surface area contributed by atoms with Crippen molar-refractivity contribution in [2.75, 3.05) is 11.9 Å². The lowest BCUT2D eigenvalue weighted by atomic mass is 9.97. The molecule has 0 spiro atoms. The van der Waals surface area contributed by atoms with Gasteiger partial charge in [0.1, 0.15) is 6.04 Å². The van der Waals surface area contributed by atoms with E-state index in [1.807, 2.05) is 38.1 Å². The van der Waals surface area contributed by atoms with Crippen molar-refractivity contribution < 1.29 is 14.4 Å². The maximum absolute atomic E-state index is 12.9. The summed E-state index contributed by atoms with van der Waals surface area (Å²) in [7, 11) is 0. The standard InChI is InChI=1S/C19H26N4O3/c1-3-12(2)17-18(25)22-15-7-5-4-6-13(15)11-23(17)19(26)20-10-14-8-9-16(24)21-14/h4-7,12,14,17H,3,8-11H2,1-2H3,(H,20,26)(H,21,24)(H,22,25)/t12-,14+,17-/m0/s1. The number of rotatable bonds is 4. The molecule has 4 amide bonds. The Morgan fingerprint density at radius 1 is 1.35 bits per heavy atom. The summed E-state index contributed by atoms with van der Waals surface area (Å²) in [5.74, 6) is -0.111. The minimum Gasteiger partial charge on any atom is -0.352 e. The molecule has 26 heavy (non-hydrogen) atoms. The highest BCUT2D eigenvalue weighted by molar-refractivity contribution is 5.98. The number of fused-ring (bicyclic) bond motifs is 1. The molecule has 0 saturated carbocycles. The van der Waals surface area contributed by atoms with E-state index in [0.717, 1.165) is 24.1 Å². The van der Waals surface area contributed by atoms with Gasteiger partial charge in [-0.1, -0.05) is 38.5 Å². The van der Waals surface area contributed by atoms with Gasteiger partial charge in [-0.25, -0.2) is 4.79 Å². The third kappa shape index (κ3) is 3.81. The van der Waals surface area contributed by atoms with Crippen molar-refractivity contribution in [3.05, 3.63) is 29.8 Å². The van der Waals surface area contributed by atoms with Crippen LogP contribution in [0.3, 0.4) is 0 Å². The van der Waals surface area contributed by atoms with E-state index in [1.165, 1.54) is 0 Å². The Balaban J connectivity index is 1.78. The van der Waals surface area contributed by atoms with Gasteiger partial charge in [0.05, 0.1) is 6.54 Å². The molecule has 3 atom stereocenters. The molecule has 140 valence electrons. The number of nitrogens with zero attached hydrogens (tertiary/aromatic N) is 1. The van der Waals surface area contributed by atoms with E-state index in [-0.39, 0.29) is 29.8 Å². The Morgan fingerprint density at radius 2 is 2.12 bits per heavy atom. The lowest BCUT2D eigenvalue weighted by Gasteiger charge is -2.32. The second-order valence-electron chi connectivity index (χ2n) is 7.09. The molecule has 2 aliphatic heterocycles. The van der Waals surface area contributed by atoms with Crippen LogP contribution in [0.4, 0.5) is 10.5 Å². The maximum Gasteiger partial charge on any atom is 0.318 e. The number of para-hydroxylation sites is 1. The molecule has 0 aromatic heterocycles. The summed E-state index contributed by atoms with van der Waals surface area (Å²) in [6.45, 7) is 4.74. The van der Waals surface area contributed by atoms with E-state index in [9.17, 15) is 14.4 Å². The number of amides is 4. The minimum absolute atomic E-state index is 0.0183. The van der Waals surface area contributed by atoms with Crippen molar-refractivity contribution in [3.63, 3.8) is 0 Å². The molecule has 1 saturated heterocycles. The number of nitrogens with one attached hydrogen (secondary N) is 3. The number of carbonyl (C=O) groups is 3. The molecular formula is C19H26N4O3. The number of urea groups is 1. The summed E-state index contributed by atoms with van der Waals surface area (Å²) in [5.41, 5.74) is 1.67. The zero-order chi connectivity index (χ0) is 18.7. The fraction of sp³-hybridized carbons (Fsp3) is 0.526. The Morgan fingerprint density at radius 3 is 2.81 bits per heavy atom. The number of hydrogen-bond donors (Lipinski definition) is 3. The van der Waals surface area contributed by atoms with E-state index < -0.39 is 6.04 Å². The summed E-state index contributed by atoms with van der Waals surface area (Å²) in [6, 6.07) is 6.70. The molecular weight excluding hydrogens is 332 g/mol. The summed E-state index contributed by atoms with van der Waals surface area (Å²) in [5, 5.41) is 8.70. The lowest BCUT2D eigenvalue weighted by molar-refractivity contribution is -0.122. The van der Waals surface area contributed by atoms with Crippen LogP contribution in [0.15, 0.2) is 24.3 Å². The largest absolute Gasteiger partial charge is 0.352 e. The summed E-state index contributed by atoms with van der Waals surface area (Å²) in [4.78, 5) is 38.6. The van der Waals surface area contributed by atoms with Crippen LogP contribution < -0.4 is 16.0 Å². The summed E-state index contributed by atoms with van der Waals surface area (Å²) in [6.07, 6.45) is 2.00. The lowest BCUT2D eigenvalue weighted by Crippen LogP contribution is -2.53. The monoisotopic (exact) mass is 358 g/mol. The van der Waals surface area contributed by atoms with Crippen LogP contribution >= 0.6 is 0 Å². The molecule has 2 heterocycles. The first-order chi connectivity index (χ1) is 12.5. The fourth-order valence-corrected chi connectivity index (χ4v) is 3.54. The van der Waals surface area contributed by atoms with Crippen LogP contribution in [0.1, 0.15) is 38.7 Å². The predicted octanol–water partition coefficient (Wildman–Crippen LogP) is 1.84. The molecule has 7 heteroatoms. The van der Waals surface area contributed by atoms with E-state index in [4.69, 9.17) is 0 Å². The van der Waals surface area contributed by atoms with Gasteiger partial charge in [0.2, 0.25) is 11.8 Å². The van der Waals surface area contributed by atoms with Gasteiger partial charge in [-0.05, 0) is 24.0 Å². The van der Waals surface area contributed by atoms with Crippen LogP contribution in [0.5, 0.6) is 0 Å². The number of anilines is 1. The Bertz CT molecular complexity index is 706. The molecule has 1 aromatic rings. The van der Waals surface area contributed by atoms with E-state index in [2.05, 4.69) is 16.0 Å². The molecule has 1 aromatic carbocycles. The van der Waals surface area contributed by atoms with Gasteiger partial charge < -0.3 is 20.9 Å². The molecule has 0 unspecified atom stereocenters. The van der Waals surface area contributed by atoms with Crippen molar-refractivity contribution in [1.29, 1.82) is 0 Å². The van der Waals surface area contributed by atoms with Crippen LogP contribution in [-0.4, -0.2) is 41.4 Å².